The molecule has 8 atom stereocenters. The van der Waals surface area contributed by atoms with Crippen molar-refractivity contribution >= 4 is 6.34 Å². The number of hydrogen-bond donors (Lipinski definition) is 0. The first kappa shape index (κ1) is 33.0. The van der Waals surface area contributed by atoms with E-state index in [9.17, 15) is 0 Å². The van der Waals surface area contributed by atoms with E-state index in [1.54, 1.807) is 0 Å². The zero-order valence-electron chi connectivity index (χ0n) is 28.1. The van der Waals surface area contributed by atoms with Crippen molar-refractivity contribution in [2.45, 2.75) is 97.2 Å². The van der Waals surface area contributed by atoms with Gasteiger partial charge in [0.1, 0.15) is 25.2 Å². The van der Waals surface area contributed by atoms with Gasteiger partial charge in [0.05, 0.1) is 51.0 Å². The maximum atomic E-state index is 5.80. The Morgan fingerprint density at radius 2 is 1.41 bits per heavy atom. The zero-order valence-corrected chi connectivity index (χ0v) is 28.1. The molecule has 0 spiro atoms. The highest BCUT2D eigenvalue weighted by Crippen LogP contribution is 2.43. The summed E-state index contributed by atoms with van der Waals surface area (Å²) in [5, 5.41) is 18.1. The normalized spacial score (nSPS) is 31.0. The number of ether oxygens (including phenoxy) is 3. The van der Waals surface area contributed by atoms with Crippen LogP contribution in [0.25, 0.3) is 0 Å². The predicted octanol–water partition coefficient (Wildman–Crippen LogP) is 3.96. The third kappa shape index (κ3) is 8.26. The molecule has 246 valence electrons. The van der Waals surface area contributed by atoms with Gasteiger partial charge >= 0.3 is 0 Å². The smallest absolute Gasteiger partial charge is 0.234 e. The third-order valence-corrected chi connectivity index (χ3v) is 10.0. The van der Waals surface area contributed by atoms with E-state index in [1.807, 2.05) is 16.4 Å². The van der Waals surface area contributed by atoms with E-state index in [0.717, 1.165) is 43.9 Å². The molecule has 3 aliphatic rings. The molecule has 1 aliphatic heterocycles. The van der Waals surface area contributed by atoms with E-state index < -0.39 is 0 Å². The molecule has 44 heavy (non-hydrogen) atoms. The second-order valence-electron chi connectivity index (χ2n) is 14.0. The molecule has 2 saturated carbocycles. The minimum absolute atomic E-state index is 0.363. The molecule has 11 heteroatoms. The number of aromatic nitrogens is 6. The van der Waals surface area contributed by atoms with E-state index in [0.29, 0.717) is 87.2 Å². The molecule has 11 nitrogen and oxygen atoms in total. The Morgan fingerprint density at radius 3 is 2.11 bits per heavy atom. The molecule has 0 saturated heterocycles. The van der Waals surface area contributed by atoms with Crippen LogP contribution in [-0.2, 0) is 27.8 Å². The van der Waals surface area contributed by atoms with Crippen molar-refractivity contribution in [3.05, 3.63) is 23.8 Å². The van der Waals surface area contributed by atoms with Gasteiger partial charge in [-0.2, -0.15) is 0 Å². The molecule has 2 aromatic heterocycles. The van der Waals surface area contributed by atoms with Crippen molar-refractivity contribution in [1.29, 1.82) is 0 Å². The average molecular weight is 614 g/mol. The minimum Gasteiger partial charge on any atom is -0.379 e. The van der Waals surface area contributed by atoms with E-state index >= 15 is 0 Å². The van der Waals surface area contributed by atoms with Crippen molar-refractivity contribution in [1.82, 2.24) is 34.9 Å². The summed E-state index contributed by atoms with van der Waals surface area (Å²) < 4.78 is 23.3. The van der Waals surface area contributed by atoms with E-state index in [2.05, 4.69) is 78.4 Å². The molecule has 0 bridgehead atoms. The monoisotopic (exact) mass is 613 g/mol. The van der Waals surface area contributed by atoms with Gasteiger partial charge in [0.2, 0.25) is 6.34 Å². The van der Waals surface area contributed by atoms with Crippen LogP contribution >= 0.6 is 0 Å². The maximum Gasteiger partial charge on any atom is 0.234 e. The van der Waals surface area contributed by atoms with Crippen molar-refractivity contribution < 1.29 is 18.8 Å². The van der Waals surface area contributed by atoms with Crippen molar-refractivity contribution in [3.8, 4) is 0 Å². The SMILES string of the molecule is CCCOCCOCCOCCn1cc(C2CC(C)CC(C)C2[N+]2=CN(C3C(C)CC(C)CC3c3cn(C)nn3)CC2)nn1. The number of aryl methyl sites for hydroxylation is 1. The second kappa shape index (κ2) is 15.8. The molecule has 0 aromatic carbocycles. The molecule has 0 amide bonds. The average Bonchev–Trinajstić information content (AvgIpc) is 3.75. The van der Waals surface area contributed by atoms with Crippen LogP contribution in [0.4, 0.5) is 0 Å². The fourth-order valence-electron chi connectivity index (χ4n) is 8.35. The van der Waals surface area contributed by atoms with Gasteiger partial charge < -0.3 is 14.2 Å². The maximum absolute atomic E-state index is 5.80. The van der Waals surface area contributed by atoms with Crippen LogP contribution in [0.2, 0.25) is 0 Å². The Bertz CT molecular complexity index is 1180. The summed E-state index contributed by atoms with van der Waals surface area (Å²) in [6.07, 6.45) is 12.6. The molecule has 2 aromatic rings. The van der Waals surface area contributed by atoms with Gasteiger partial charge in [-0.1, -0.05) is 45.0 Å². The van der Waals surface area contributed by atoms with Gasteiger partial charge in [0.25, 0.3) is 0 Å². The summed E-state index contributed by atoms with van der Waals surface area (Å²) >= 11 is 0. The Balaban J connectivity index is 1.21. The second-order valence-corrected chi connectivity index (χ2v) is 14.0. The summed E-state index contributed by atoms with van der Waals surface area (Å²) in [6.45, 7) is 18.4. The summed E-state index contributed by atoms with van der Waals surface area (Å²) in [5.41, 5.74) is 2.26. The predicted molar refractivity (Wildman–Crippen MR) is 170 cm³/mol. The summed E-state index contributed by atoms with van der Waals surface area (Å²) in [5.74, 6) is 3.34. The van der Waals surface area contributed by atoms with Gasteiger partial charge in [0.15, 0.2) is 0 Å². The number of hydrogen-bond acceptors (Lipinski definition) is 8. The lowest BCUT2D eigenvalue weighted by Gasteiger charge is -2.39. The fraction of sp³-hybridized carbons (Fsp3) is 0.848. The standard InChI is InChI=1S/C33H57N8O3/c1-7-11-42-13-15-44-16-14-43-12-10-41-22-31(35-37-41)29-20-25(3)18-27(5)33(29)40-9-8-39(23-40)32-26(4)17-24(2)19-28(32)30-21-38(6)36-34-30/h21-29,32-33H,7-20H2,1-6H3/q+1. The molecule has 0 N–H and O–H groups in total. The van der Waals surface area contributed by atoms with Crippen molar-refractivity contribution in [3.63, 3.8) is 0 Å². The van der Waals surface area contributed by atoms with Crippen LogP contribution < -0.4 is 0 Å². The number of rotatable bonds is 15. The van der Waals surface area contributed by atoms with Gasteiger partial charge in [-0.05, 0) is 55.8 Å². The highest BCUT2D eigenvalue weighted by molar-refractivity contribution is 5.52. The molecule has 2 aliphatic carbocycles. The van der Waals surface area contributed by atoms with Gasteiger partial charge in [-0.15, -0.1) is 10.2 Å². The van der Waals surface area contributed by atoms with Crippen LogP contribution in [0.5, 0.6) is 0 Å². The molecule has 3 heterocycles. The molecular formula is C33H57N8O3+. The summed E-state index contributed by atoms with van der Waals surface area (Å²) in [7, 11) is 1.97. The largest absolute Gasteiger partial charge is 0.379 e. The van der Waals surface area contributed by atoms with Gasteiger partial charge in [0, 0.05) is 37.9 Å². The Labute approximate surface area is 264 Å². The van der Waals surface area contributed by atoms with E-state index in [1.165, 1.54) is 19.3 Å². The first-order chi connectivity index (χ1) is 21.3. The molecule has 2 fully saturated rings. The van der Waals surface area contributed by atoms with Crippen LogP contribution in [-0.4, -0.2) is 111 Å². The lowest BCUT2D eigenvalue weighted by molar-refractivity contribution is -0.569. The fourth-order valence-corrected chi connectivity index (χ4v) is 8.35. The molecule has 8 unspecified atom stereocenters. The Morgan fingerprint density at radius 1 is 0.773 bits per heavy atom. The molecular weight excluding hydrogens is 556 g/mol. The van der Waals surface area contributed by atoms with E-state index in [-0.39, 0.29) is 0 Å². The third-order valence-electron chi connectivity index (χ3n) is 10.0. The summed E-state index contributed by atoms with van der Waals surface area (Å²) in [4.78, 5) is 2.65. The zero-order chi connectivity index (χ0) is 31.1. The molecule has 0 radical (unpaired) electrons. The van der Waals surface area contributed by atoms with Crippen molar-refractivity contribution in [2.75, 3.05) is 52.7 Å². The van der Waals surface area contributed by atoms with E-state index in [4.69, 9.17) is 19.3 Å². The Hall–Kier alpha value is -2.37. The van der Waals surface area contributed by atoms with Crippen molar-refractivity contribution in [2.24, 2.45) is 30.7 Å². The summed E-state index contributed by atoms with van der Waals surface area (Å²) in [6, 6.07) is 0.869. The van der Waals surface area contributed by atoms with Crippen LogP contribution in [0.1, 0.15) is 89.9 Å². The highest BCUT2D eigenvalue weighted by atomic mass is 16.5. The minimum atomic E-state index is 0.363. The highest BCUT2D eigenvalue weighted by Gasteiger charge is 2.47. The topological polar surface area (TPSA) is 95.4 Å². The first-order valence-electron chi connectivity index (χ1n) is 17.2. The van der Waals surface area contributed by atoms with Crippen LogP contribution in [0.15, 0.2) is 12.4 Å². The number of nitrogens with zero attached hydrogens (tertiary/aromatic N) is 8. The quantitative estimate of drug-likeness (QED) is 0.220. The van der Waals surface area contributed by atoms with Gasteiger partial charge in [-0.3, -0.25) is 14.2 Å². The Kier molecular flexibility index (Phi) is 11.8. The van der Waals surface area contributed by atoms with Crippen LogP contribution in [0.3, 0.4) is 0 Å². The lowest BCUT2D eigenvalue weighted by Crippen LogP contribution is -2.46. The van der Waals surface area contributed by atoms with Gasteiger partial charge in [-0.25, -0.2) is 4.68 Å². The van der Waals surface area contributed by atoms with Crippen LogP contribution in [0, 0.1) is 23.7 Å². The first-order valence-corrected chi connectivity index (χ1v) is 17.2. The molecule has 5 rings (SSSR count). The lowest BCUT2D eigenvalue weighted by atomic mass is 9.71.